The lowest BCUT2D eigenvalue weighted by Crippen LogP contribution is -2.46. The highest BCUT2D eigenvalue weighted by Gasteiger charge is 2.34. The third-order valence-electron chi connectivity index (χ3n) is 4.59. The molecule has 1 amide bonds. The minimum Gasteiger partial charge on any atom is -0.453 e. The van der Waals surface area contributed by atoms with Crippen molar-refractivity contribution in [2.24, 2.45) is 0 Å². The molecule has 1 N–H and O–H groups in total. The minimum absolute atomic E-state index is 0.106. The number of piperidine rings is 1. The second kappa shape index (κ2) is 7.27. The zero-order valence-electron chi connectivity index (χ0n) is 13.9. The van der Waals surface area contributed by atoms with E-state index in [9.17, 15) is 22.8 Å². The largest absolute Gasteiger partial charge is 0.453 e. The molecule has 0 radical (unpaired) electrons. The van der Waals surface area contributed by atoms with Crippen LogP contribution in [0, 0.1) is 17.5 Å². The van der Waals surface area contributed by atoms with Crippen molar-refractivity contribution in [1.29, 1.82) is 0 Å². The van der Waals surface area contributed by atoms with E-state index in [1.807, 2.05) is 0 Å². The molecule has 1 aromatic carbocycles. The molecule has 26 heavy (non-hydrogen) atoms. The van der Waals surface area contributed by atoms with E-state index >= 15 is 0 Å². The number of methoxy groups -OCH3 is 1. The third-order valence-corrected chi connectivity index (χ3v) is 4.59. The number of nitrogens with one attached hydrogen (secondary N) is 1. The lowest BCUT2D eigenvalue weighted by molar-refractivity contribution is 0.0816. The highest BCUT2D eigenvalue weighted by Crippen LogP contribution is 2.33. The van der Waals surface area contributed by atoms with Crippen LogP contribution in [0.1, 0.15) is 30.1 Å². The Bertz CT molecular complexity index is 841. The normalized spacial score (nSPS) is 20.2. The lowest BCUT2D eigenvalue weighted by Gasteiger charge is -2.38. The number of ether oxygens (including phenoxy) is 1. The van der Waals surface area contributed by atoms with Crippen LogP contribution in [0.25, 0.3) is 0 Å². The number of carbonyl (C=O) groups excluding carboxylic acids is 1. The standard InChI is InChI=1S/C17H17F3N2O4/c1-25-17(24)22-3-2-10(14-8-15(23)21-26-14)7-11(22)4-9-5-12(18)16(20)13(19)6-9/h5-6,8,10-11H,2-4,7H2,1H3,(H,21,23). The van der Waals surface area contributed by atoms with Crippen LogP contribution in [-0.4, -0.2) is 35.8 Å². The average molecular weight is 370 g/mol. The Morgan fingerprint density at radius 3 is 2.58 bits per heavy atom. The Hall–Kier alpha value is -2.71. The summed E-state index contributed by atoms with van der Waals surface area (Å²) in [5, 5.41) is 2.22. The van der Waals surface area contributed by atoms with Crippen LogP contribution in [0.3, 0.4) is 0 Å². The molecule has 0 spiro atoms. The van der Waals surface area contributed by atoms with Gasteiger partial charge in [-0.15, -0.1) is 0 Å². The summed E-state index contributed by atoms with van der Waals surface area (Å²) in [7, 11) is 1.24. The maximum atomic E-state index is 13.5. The Morgan fingerprint density at radius 1 is 1.31 bits per heavy atom. The number of likely N-dealkylation sites (tertiary alicyclic amines) is 1. The predicted octanol–water partition coefficient (Wildman–Crippen LogP) is 2.94. The van der Waals surface area contributed by atoms with Gasteiger partial charge in [-0.2, -0.15) is 5.16 Å². The summed E-state index contributed by atoms with van der Waals surface area (Å²) in [6, 6.07) is 2.71. The van der Waals surface area contributed by atoms with Gasteiger partial charge in [0.05, 0.1) is 7.11 Å². The van der Waals surface area contributed by atoms with Crippen molar-refractivity contribution < 1.29 is 27.2 Å². The number of halogens is 3. The highest BCUT2D eigenvalue weighted by molar-refractivity contribution is 5.68. The first kappa shape index (κ1) is 18.1. The maximum Gasteiger partial charge on any atom is 0.409 e. The van der Waals surface area contributed by atoms with E-state index in [-0.39, 0.29) is 23.5 Å². The van der Waals surface area contributed by atoms with Gasteiger partial charge in [-0.1, -0.05) is 0 Å². The summed E-state index contributed by atoms with van der Waals surface area (Å²) in [4.78, 5) is 24.8. The Balaban J connectivity index is 1.85. The molecule has 0 saturated carbocycles. The van der Waals surface area contributed by atoms with Crippen molar-refractivity contribution >= 4 is 6.09 Å². The first-order valence-electron chi connectivity index (χ1n) is 8.05. The van der Waals surface area contributed by atoms with Crippen molar-refractivity contribution in [3.05, 3.63) is 57.3 Å². The maximum absolute atomic E-state index is 13.5. The molecule has 2 unspecified atom stereocenters. The van der Waals surface area contributed by atoms with Gasteiger partial charge in [0.25, 0.3) is 5.56 Å². The third kappa shape index (κ3) is 3.61. The van der Waals surface area contributed by atoms with Crippen LogP contribution < -0.4 is 5.56 Å². The topological polar surface area (TPSA) is 75.5 Å². The summed E-state index contributed by atoms with van der Waals surface area (Å²) >= 11 is 0. The second-order valence-corrected chi connectivity index (χ2v) is 6.23. The van der Waals surface area contributed by atoms with Crippen LogP contribution in [0.15, 0.2) is 27.5 Å². The minimum atomic E-state index is -1.53. The molecule has 1 aromatic heterocycles. The van der Waals surface area contributed by atoms with Crippen LogP contribution in [0.5, 0.6) is 0 Å². The smallest absolute Gasteiger partial charge is 0.409 e. The number of hydrogen-bond acceptors (Lipinski definition) is 4. The monoisotopic (exact) mass is 370 g/mol. The number of benzene rings is 1. The van der Waals surface area contributed by atoms with Gasteiger partial charge in [-0.05, 0) is 37.0 Å². The number of amides is 1. The van der Waals surface area contributed by atoms with E-state index in [0.717, 1.165) is 12.1 Å². The number of carbonyl (C=O) groups is 1. The predicted molar refractivity (Wildman–Crippen MR) is 84.2 cm³/mol. The number of H-pyrrole nitrogens is 1. The first-order valence-corrected chi connectivity index (χ1v) is 8.05. The molecular formula is C17H17F3N2O4. The van der Waals surface area contributed by atoms with E-state index in [1.54, 1.807) is 0 Å². The van der Waals surface area contributed by atoms with Crippen molar-refractivity contribution in [1.82, 2.24) is 10.1 Å². The summed E-state index contributed by atoms with van der Waals surface area (Å²) < 4.78 is 50.0. The Kier molecular flexibility index (Phi) is 5.06. The Morgan fingerprint density at radius 2 is 2.00 bits per heavy atom. The molecule has 0 aliphatic carbocycles. The molecule has 2 heterocycles. The van der Waals surface area contributed by atoms with Gasteiger partial charge in [0.1, 0.15) is 5.76 Å². The van der Waals surface area contributed by atoms with Crippen LogP contribution in [-0.2, 0) is 11.2 Å². The molecule has 0 bridgehead atoms. The van der Waals surface area contributed by atoms with Crippen molar-refractivity contribution in [2.45, 2.75) is 31.2 Å². The molecular weight excluding hydrogens is 353 g/mol. The number of rotatable bonds is 3. The van der Waals surface area contributed by atoms with E-state index in [2.05, 4.69) is 5.16 Å². The average Bonchev–Trinajstić information content (AvgIpc) is 3.05. The fourth-order valence-electron chi connectivity index (χ4n) is 3.36. The van der Waals surface area contributed by atoms with E-state index < -0.39 is 29.6 Å². The molecule has 1 fully saturated rings. The lowest BCUT2D eigenvalue weighted by atomic mass is 9.86. The van der Waals surface area contributed by atoms with Gasteiger partial charge in [0.15, 0.2) is 17.5 Å². The van der Waals surface area contributed by atoms with Gasteiger partial charge in [0, 0.05) is 24.6 Å². The fourth-order valence-corrected chi connectivity index (χ4v) is 3.36. The molecule has 9 heteroatoms. The van der Waals surface area contributed by atoms with E-state index in [1.165, 1.54) is 18.1 Å². The van der Waals surface area contributed by atoms with Crippen LogP contribution in [0.2, 0.25) is 0 Å². The van der Waals surface area contributed by atoms with Gasteiger partial charge >= 0.3 is 6.09 Å². The molecule has 1 aliphatic rings. The summed E-state index contributed by atoms with van der Waals surface area (Å²) in [6.07, 6.45) is 0.482. The summed E-state index contributed by atoms with van der Waals surface area (Å²) in [5.41, 5.74) is -0.147. The number of nitrogens with zero attached hydrogens (tertiary/aromatic N) is 1. The number of hydrogen-bond donors (Lipinski definition) is 1. The number of aromatic nitrogens is 1. The molecule has 6 nitrogen and oxygen atoms in total. The van der Waals surface area contributed by atoms with E-state index in [0.29, 0.717) is 25.1 Å². The van der Waals surface area contributed by atoms with Gasteiger partial charge in [-0.3, -0.25) is 4.79 Å². The zero-order valence-corrected chi connectivity index (χ0v) is 13.9. The van der Waals surface area contributed by atoms with Gasteiger partial charge < -0.3 is 14.2 Å². The van der Waals surface area contributed by atoms with E-state index in [4.69, 9.17) is 9.26 Å². The molecule has 2 atom stereocenters. The summed E-state index contributed by atoms with van der Waals surface area (Å²) in [6.45, 7) is 0.322. The molecule has 2 aromatic rings. The second-order valence-electron chi connectivity index (χ2n) is 6.23. The molecule has 3 rings (SSSR count). The molecule has 1 saturated heterocycles. The highest BCUT2D eigenvalue weighted by atomic mass is 19.2. The fraction of sp³-hybridized carbons (Fsp3) is 0.412. The SMILES string of the molecule is COC(=O)N1CCC(c2cc(=O)[nH]o2)CC1Cc1cc(F)c(F)c(F)c1. The number of aromatic amines is 1. The van der Waals surface area contributed by atoms with Crippen LogP contribution >= 0.6 is 0 Å². The zero-order chi connectivity index (χ0) is 18.8. The van der Waals surface area contributed by atoms with Gasteiger partial charge in [-0.25, -0.2) is 18.0 Å². The van der Waals surface area contributed by atoms with Gasteiger partial charge in [0.2, 0.25) is 0 Å². The van der Waals surface area contributed by atoms with Crippen molar-refractivity contribution in [3.8, 4) is 0 Å². The Labute approximate surface area is 146 Å². The first-order chi connectivity index (χ1) is 12.4. The quantitative estimate of drug-likeness (QED) is 0.843. The molecule has 140 valence electrons. The summed E-state index contributed by atoms with van der Waals surface area (Å²) in [5.74, 6) is -3.78. The van der Waals surface area contributed by atoms with Crippen molar-refractivity contribution in [2.75, 3.05) is 13.7 Å². The van der Waals surface area contributed by atoms with Crippen molar-refractivity contribution in [3.63, 3.8) is 0 Å². The van der Waals surface area contributed by atoms with Crippen LogP contribution in [0.4, 0.5) is 18.0 Å². The molecule has 1 aliphatic heterocycles.